The van der Waals surface area contributed by atoms with Crippen LogP contribution in [0.2, 0.25) is 0 Å². The number of carbonyl (C=O) groups is 1. The molecular weight excluding hydrogens is 344 g/mol. The van der Waals surface area contributed by atoms with Crippen molar-refractivity contribution in [3.8, 4) is 23.8 Å². The number of carboxylic acids is 1. The lowest BCUT2D eigenvalue weighted by Gasteiger charge is -1.97. The lowest BCUT2D eigenvalue weighted by molar-refractivity contribution is 0.0697. The van der Waals surface area contributed by atoms with Gasteiger partial charge in [-0.05, 0) is 29.7 Å². The molecule has 7 heteroatoms. The van der Waals surface area contributed by atoms with Crippen molar-refractivity contribution in [3.63, 3.8) is 0 Å². The van der Waals surface area contributed by atoms with Crippen LogP contribution in [0.15, 0.2) is 59.9 Å². The van der Waals surface area contributed by atoms with Gasteiger partial charge in [0.05, 0.1) is 18.4 Å². The highest BCUT2D eigenvalue weighted by Crippen LogP contribution is 2.04. The summed E-state index contributed by atoms with van der Waals surface area (Å²) in [4.78, 5) is 26.6. The number of rotatable bonds is 3. The molecular formula is C20H14N4O3. The Kier molecular flexibility index (Phi) is 5.46. The second-order valence-corrected chi connectivity index (χ2v) is 5.47. The fourth-order valence-corrected chi connectivity index (χ4v) is 2.14. The van der Waals surface area contributed by atoms with E-state index in [1.807, 2.05) is 0 Å². The van der Waals surface area contributed by atoms with Crippen LogP contribution in [-0.2, 0) is 13.0 Å². The number of hydrogen-bond acceptors (Lipinski definition) is 4. The average molecular weight is 358 g/mol. The molecule has 0 fully saturated rings. The van der Waals surface area contributed by atoms with E-state index in [9.17, 15) is 9.59 Å². The molecule has 3 rings (SSSR count). The van der Waals surface area contributed by atoms with E-state index in [0.717, 1.165) is 10.2 Å². The van der Waals surface area contributed by atoms with Crippen molar-refractivity contribution in [2.45, 2.75) is 13.0 Å². The van der Waals surface area contributed by atoms with E-state index < -0.39 is 5.97 Å². The molecule has 0 atom stereocenters. The molecule has 1 N–H and O–H groups in total. The smallest absolute Gasteiger partial charge is 0.335 e. The number of hydrogen-bond donors (Lipinski definition) is 1. The Bertz CT molecular complexity index is 1120. The largest absolute Gasteiger partial charge is 0.478 e. The van der Waals surface area contributed by atoms with Crippen LogP contribution in [0.4, 0.5) is 0 Å². The number of imidazole rings is 1. The van der Waals surface area contributed by atoms with E-state index in [1.165, 1.54) is 24.3 Å². The molecule has 27 heavy (non-hydrogen) atoms. The molecule has 0 saturated heterocycles. The Morgan fingerprint density at radius 3 is 2.63 bits per heavy atom. The van der Waals surface area contributed by atoms with Gasteiger partial charge in [0, 0.05) is 30.9 Å². The number of aromatic nitrogens is 4. The van der Waals surface area contributed by atoms with E-state index in [0.29, 0.717) is 18.7 Å². The van der Waals surface area contributed by atoms with Crippen molar-refractivity contribution in [1.29, 1.82) is 0 Å². The average Bonchev–Trinajstić information content (AvgIpc) is 3.18. The van der Waals surface area contributed by atoms with Crippen LogP contribution >= 0.6 is 0 Å². The normalized spacial score (nSPS) is 9.63. The number of carboxylic acid groups (broad SMARTS) is 1. The van der Waals surface area contributed by atoms with E-state index in [4.69, 9.17) is 5.11 Å². The van der Waals surface area contributed by atoms with Gasteiger partial charge in [0.15, 0.2) is 0 Å². The van der Waals surface area contributed by atoms with Crippen LogP contribution in [0.3, 0.4) is 0 Å². The van der Waals surface area contributed by atoms with E-state index >= 15 is 0 Å². The number of aromatic carboxylic acids is 1. The van der Waals surface area contributed by atoms with Crippen LogP contribution in [0, 0.1) is 23.8 Å². The maximum Gasteiger partial charge on any atom is 0.335 e. The van der Waals surface area contributed by atoms with Gasteiger partial charge in [-0.3, -0.25) is 4.79 Å². The highest BCUT2D eigenvalue weighted by atomic mass is 16.4. The molecule has 0 spiro atoms. The van der Waals surface area contributed by atoms with Crippen molar-refractivity contribution in [3.05, 3.63) is 82.3 Å². The summed E-state index contributed by atoms with van der Waals surface area (Å²) in [5.41, 5.74) is 1.22. The van der Waals surface area contributed by atoms with Crippen molar-refractivity contribution in [2.24, 2.45) is 0 Å². The summed E-state index contributed by atoms with van der Waals surface area (Å²) >= 11 is 0. The SMILES string of the molecule is O=C(O)c1ccc(CC#Cc2ccc(=O)n(C#CCn3ccnc3)n2)cc1. The van der Waals surface area contributed by atoms with Gasteiger partial charge in [0.25, 0.3) is 5.56 Å². The number of nitrogens with zero attached hydrogens (tertiary/aromatic N) is 4. The third kappa shape index (κ3) is 4.94. The fraction of sp³-hybridized carbons (Fsp3) is 0.100. The maximum absolute atomic E-state index is 11.8. The molecule has 7 nitrogen and oxygen atoms in total. The van der Waals surface area contributed by atoms with Crippen molar-refractivity contribution < 1.29 is 9.90 Å². The van der Waals surface area contributed by atoms with E-state index in [2.05, 4.69) is 33.9 Å². The van der Waals surface area contributed by atoms with Crippen LogP contribution in [0.25, 0.3) is 0 Å². The third-order valence-electron chi connectivity index (χ3n) is 3.52. The summed E-state index contributed by atoms with van der Waals surface area (Å²) in [6.45, 7) is 0.399. The van der Waals surface area contributed by atoms with Gasteiger partial charge in [-0.25, -0.2) is 9.78 Å². The zero-order valence-corrected chi connectivity index (χ0v) is 14.2. The summed E-state index contributed by atoms with van der Waals surface area (Å²) < 4.78 is 2.83. The Labute approximate surface area is 154 Å². The molecule has 0 radical (unpaired) electrons. The molecule has 2 heterocycles. The van der Waals surface area contributed by atoms with Gasteiger partial charge in [-0.15, -0.1) is 5.10 Å². The number of benzene rings is 1. The van der Waals surface area contributed by atoms with Crippen LogP contribution in [-0.4, -0.2) is 30.4 Å². The van der Waals surface area contributed by atoms with Gasteiger partial charge in [0.2, 0.25) is 0 Å². The van der Waals surface area contributed by atoms with Gasteiger partial charge >= 0.3 is 5.97 Å². The molecule has 0 aliphatic rings. The standard InChI is InChI=1S/C20H14N4O3/c25-19-10-9-18(22-24(19)13-2-12-23-14-11-21-15-23)4-1-3-16-5-7-17(8-6-16)20(26)27/h5-11,14-15H,3,12H2,(H,26,27). The molecule has 132 valence electrons. The zero-order valence-electron chi connectivity index (χ0n) is 14.2. The van der Waals surface area contributed by atoms with Crippen molar-refractivity contribution in [1.82, 2.24) is 19.3 Å². The Hall–Kier alpha value is -4.10. The summed E-state index contributed by atoms with van der Waals surface area (Å²) in [6.07, 6.45) is 5.50. The lowest BCUT2D eigenvalue weighted by Crippen LogP contribution is -2.19. The molecule has 1 aromatic carbocycles. The molecule has 0 saturated carbocycles. The Morgan fingerprint density at radius 2 is 1.93 bits per heavy atom. The van der Waals surface area contributed by atoms with Crippen LogP contribution in [0.1, 0.15) is 21.6 Å². The summed E-state index contributed by atoms with van der Waals surface area (Å²) in [6, 6.07) is 12.1. The molecule has 0 unspecified atom stereocenters. The highest BCUT2D eigenvalue weighted by Gasteiger charge is 2.00. The van der Waals surface area contributed by atoms with Gasteiger partial charge < -0.3 is 9.67 Å². The maximum atomic E-state index is 11.8. The summed E-state index contributed by atoms with van der Waals surface area (Å²) in [5.74, 6) is 7.72. The van der Waals surface area contributed by atoms with E-state index in [-0.39, 0.29) is 11.1 Å². The minimum atomic E-state index is -0.965. The van der Waals surface area contributed by atoms with Crippen molar-refractivity contribution in [2.75, 3.05) is 0 Å². The second-order valence-electron chi connectivity index (χ2n) is 5.47. The van der Waals surface area contributed by atoms with Crippen molar-refractivity contribution >= 4 is 5.97 Å². The minimum Gasteiger partial charge on any atom is -0.478 e. The quantitative estimate of drug-likeness (QED) is 0.712. The molecule has 0 aliphatic heterocycles. The summed E-state index contributed by atoms with van der Waals surface area (Å²) in [7, 11) is 0. The first kappa shape index (κ1) is 17.7. The first-order valence-electron chi connectivity index (χ1n) is 7.98. The van der Waals surface area contributed by atoms with Crippen LogP contribution in [0.5, 0.6) is 0 Å². The lowest BCUT2D eigenvalue weighted by atomic mass is 10.1. The zero-order chi connectivity index (χ0) is 19.1. The molecule has 2 aromatic heterocycles. The molecule has 0 aliphatic carbocycles. The van der Waals surface area contributed by atoms with Gasteiger partial charge in [0.1, 0.15) is 5.69 Å². The predicted octanol–water partition coefficient (Wildman–Crippen LogP) is 1.24. The topological polar surface area (TPSA) is 90.0 Å². The van der Waals surface area contributed by atoms with Crippen LogP contribution < -0.4 is 5.56 Å². The minimum absolute atomic E-state index is 0.231. The van der Waals surface area contributed by atoms with Gasteiger partial charge in [-0.2, -0.15) is 4.68 Å². The summed E-state index contributed by atoms with van der Waals surface area (Å²) in [5, 5.41) is 13.0. The predicted molar refractivity (Wildman–Crippen MR) is 97.9 cm³/mol. The van der Waals surface area contributed by atoms with Gasteiger partial charge in [-0.1, -0.05) is 24.0 Å². The van der Waals surface area contributed by atoms with E-state index in [1.54, 1.807) is 35.4 Å². The monoisotopic (exact) mass is 358 g/mol. The first-order chi connectivity index (χ1) is 13.1. The third-order valence-corrected chi connectivity index (χ3v) is 3.52. The second kappa shape index (κ2) is 8.32. The highest BCUT2D eigenvalue weighted by molar-refractivity contribution is 5.87. The molecule has 0 bridgehead atoms. The molecule has 3 aromatic rings. The Balaban J connectivity index is 1.69. The first-order valence-corrected chi connectivity index (χ1v) is 7.98. The fourth-order valence-electron chi connectivity index (χ4n) is 2.14. The molecule has 0 amide bonds. The Morgan fingerprint density at radius 1 is 1.11 bits per heavy atom.